The van der Waals surface area contributed by atoms with Gasteiger partial charge in [0.15, 0.2) is 0 Å². The summed E-state index contributed by atoms with van der Waals surface area (Å²) in [4.78, 5) is 13.4. The predicted octanol–water partition coefficient (Wildman–Crippen LogP) is 2.24. The Morgan fingerprint density at radius 2 is 2.12 bits per heavy atom. The van der Waals surface area contributed by atoms with Crippen LogP contribution in [0.15, 0.2) is 0 Å². The molecule has 17 heavy (non-hydrogen) atoms. The minimum Gasteiger partial charge on any atom is -0.285 e. The topological polar surface area (TPSA) is 20.3 Å². The maximum absolute atomic E-state index is 13.7. The Morgan fingerprint density at radius 1 is 1.53 bits per heavy atom. The molecule has 0 amide bonds. The molecule has 0 aliphatic carbocycles. The normalized spacial score (nSPS) is 25.8. The van der Waals surface area contributed by atoms with Crippen LogP contribution >= 0.6 is 9.24 Å². The molecule has 1 rings (SSSR count). The molecule has 0 spiro atoms. The Kier molecular flexibility index (Phi) is 4.33. The molecule has 0 saturated carbocycles. The molecule has 4 heteroatoms. The minimum atomic E-state index is -1.21. The number of likely N-dealkylation sites (tertiary alicyclic amines) is 1. The lowest BCUT2D eigenvalue weighted by Crippen LogP contribution is -2.42. The Morgan fingerprint density at radius 3 is 2.53 bits per heavy atom. The first-order valence-corrected chi connectivity index (χ1v) is 6.52. The summed E-state index contributed by atoms with van der Waals surface area (Å²) in [5.74, 6) is 5.51. The smallest absolute Gasteiger partial charge is 0.208 e. The zero-order valence-electron chi connectivity index (χ0n) is 11.0. The van der Waals surface area contributed by atoms with E-state index < -0.39 is 10.9 Å². The molecule has 2 atom stereocenters. The number of hydrogen-bond acceptors (Lipinski definition) is 2. The van der Waals surface area contributed by atoms with E-state index in [2.05, 4.69) is 21.1 Å². The van der Waals surface area contributed by atoms with E-state index in [-0.39, 0.29) is 11.7 Å². The molecule has 1 heterocycles. The van der Waals surface area contributed by atoms with Gasteiger partial charge >= 0.3 is 0 Å². The molecule has 1 fully saturated rings. The molecule has 0 radical (unpaired) electrons. The van der Waals surface area contributed by atoms with Gasteiger partial charge in [0.05, 0.1) is 5.54 Å². The summed E-state index contributed by atoms with van der Waals surface area (Å²) in [5, 5.41) is -1.21. The van der Waals surface area contributed by atoms with Gasteiger partial charge in [0.2, 0.25) is 5.78 Å². The van der Waals surface area contributed by atoms with Crippen molar-refractivity contribution in [3.8, 4) is 11.8 Å². The number of alkyl halides is 1. The number of Topliss-reactive ketones (excluding diaryl/α,β-unsaturated/α-hetero) is 1. The van der Waals surface area contributed by atoms with Gasteiger partial charge in [-0.2, -0.15) is 0 Å². The van der Waals surface area contributed by atoms with Crippen LogP contribution in [0.5, 0.6) is 0 Å². The Labute approximate surface area is 106 Å². The highest BCUT2D eigenvalue weighted by Gasteiger charge is 2.39. The molecule has 2 unspecified atom stereocenters. The highest BCUT2D eigenvalue weighted by molar-refractivity contribution is 7.18. The molecule has 96 valence electrons. The van der Waals surface area contributed by atoms with Gasteiger partial charge in [-0.25, -0.2) is 4.39 Å². The Bertz CT molecular complexity index is 365. The summed E-state index contributed by atoms with van der Waals surface area (Å²) >= 11 is 0. The largest absolute Gasteiger partial charge is 0.285 e. The van der Waals surface area contributed by atoms with Crippen molar-refractivity contribution in [3.63, 3.8) is 0 Å². The SMILES string of the molecule is CC(C)C(=O)C#CC(C)(C)N1CCC(F)(P)C1. The quantitative estimate of drug-likeness (QED) is 0.429. The van der Waals surface area contributed by atoms with Gasteiger partial charge < -0.3 is 0 Å². The molecule has 0 aromatic carbocycles. The number of ketones is 1. The third-order valence-electron chi connectivity index (χ3n) is 3.06. The van der Waals surface area contributed by atoms with E-state index >= 15 is 0 Å². The van der Waals surface area contributed by atoms with Crippen LogP contribution in [-0.4, -0.2) is 34.7 Å². The number of carbonyl (C=O) groups is 1. The molecule has 1 aliphatic rings. The summed E-state index contributed by atoms with van der Waals surface area (Å²) in [6, 6.07) is 0. The summed E-state index contributed by atoms with van der Waals surface area (Å²) in [5.41, 5.74) is -0.449. The number of halogens is 1. The van der Waals surface area contributed by atoms with Crippen LogP contribution in [0.1, 0.15) is 34.1 Å². The van der Waals surface area contributed by atoms with Crippen LogP contribution < -0.4 is 0 Å². The van der Waals surface area contributed by atoms with E-state index in [0.29, 0.717) is 19.5 Å². The van der Waals surface area contributed by atoms with Crippen molar-refractivity contribution in [1.82, 2.24) is 4.90 Å². The number of rotatable bonds is 2. The van der Waals surface area contributed by atoms with Gasteiger partial charge in [0.1, 0.15) is 5.41 Å². The van der Waals surface area contributed by atoms with Gasteiger partial charge in [-0.15, -0.1) is 0 Å². The first-order chi connectivity index (χ1) is 7.64. The average Bonchev–Trinajstić information content (AvgIpc) is 2.56. The Balaban J connectivity index is 2.73. The highest BCUT2D eigenvalue weighted by atomic mass is 31.0. The number of hydrogen-bond donors (Lipinski definition) is 0. The fourth-order valence-electron chi connectivity index (χ4n) is 1.71. The third kappa shape index (κ3) is 4.05. The standard InChI is InChI=1S/C13H21FNOP/c1-10(2)11(16)5-6-12(3,4)15-8-7-13(14,17)9-15/h10H,7-9,17H2,1-4H3. The van der Waals surface area contributed by atoms with Crippen molar-refractivity contribution >= 4 is 15.0 Å². The molecule has 1 aliphatic heterocycles. The molecular formula is C13H21FNOP. The van der Waals surface area contributed by atoms with E-state index in [1.54, 1.807) is 0 Å². The van der Waals surface area contributed by atoms with Crippen LogP contribution in [0.25, 0.3) is 0 Å². The monoisotopic (exact) mass is 257 g/mol. The van der Waals surface area contributed by atoms with Crippen molar-refractivity contribution in [2.45, 2.75) is 45.1 Å². The van der Waals surface area contributed by atoms with Crippen molar-refractivity contribution in [2.24, 2.45) is 5.92 Å². The first-order valence-electron chi connectivity index (χ1n) is 5.94. The summed E-state index contributed by atoms with van der Waals surface area (Å²) < 4.78 is 13.7. The van der Waals surface area contributed by atoms with Crippen LogP contribution in [0, 0.1) is 17.8 Å². The fraction of sp³-hybridized carbons (Fsp3) is 0.769. The highest BCUT2D eigenvalue weighted by Crippen LogP contribution is 2.35. The lowest BCUT2D eigenvalue weighted by Gasteiger charge is -2.30. The summed E-state index contributed by atoms with van der Waals surface area (Å²) in [6.45, 7) is 8.55. The molecule has 0 aromatic rings. The van der Waals surface area contributed by atoms with Crippen molar-refractivity contribution in [1.29, 1.82) is 0 Å². The van der Waals surface area contributed by atoms with Crippen molar-refractivity contribution in [2.75, 3.05) is 13.1 Å². The van der Waals surface area contributed by atoms with Crippen LogP contribution in [0.4, 0.5) is 4.39 Å². The second-order valence-electron chi connectivity index (χ2n) is 5.53. The molecule has 0 aromatic heterocycles. The van der Waals surface area contributed by atoms with Crippen LogP contribution in [0.2, 0.25) is 0 Å². The zero-order valence-corrected chi connectivity index (χ0v) is 12.2. The zero-order chi connectivity index (χ0) is 13.3. The first kappa shape index (κ1) is 14.6. The predicted molar refractivity (Wildman–Crippen MR) is 71.4 cm³/mol. The molecule has 0 N–H and O–H groups in total. The maximum Gasteiger partial charge on any atom is 0.208 e. The third-order valence-corrected chi connectivity index (χ3v) is 3.53. The molecule has 2 nitrogen and oxygen atoms in total. The molecule has 1 saturated heterocycles. The minimum absolute atomic E-state index is 0.0605. The second-order valence-corrected chi connectivity index (χ2v) is 6.57. The number of carbonyl (C=O) groups excluding carboxylic acids is 1. The van der Waals surface area contributed by atoms with Crippen molar-refractivity contribution < 1.29 is 9.18 Å². The lowest BCUT2D eigenvalue weighted by molar-refractivity contribution is -0.116. The Hall–Kier alpha value is -0.450. The van der Waals surface area contributed by atoms with E-state index in [4.69, 9.17) is 0 Å². The van der Waals surface area contributed by atoms with Gasteiger partial charge in [0.25, 0.3) is 0 Å². The second kappa shape index (κ2) is 5.04. The fourth-order valence-corrected chi connectivity index (χ4v) is 2.06. The maximum atomic E-state index is 13.7. The molecule has 0 bridgehead atoms. The van der Waals surface area contributed by atoms with E-state index in [9.17, 15) is 9.18 Å². The van der Waals surface area contributed by atoms with E-state index in [1.165, 1.54) is 0 Å². The van der Waals surface area contributed by atoms with Crippen LogP contribution in [-0.2, 0) is 4.79 Å². The lowest BCUT2D eigenvalue weighted by atomic mass is 10.0. The average molecular weight is 257 g/mol. The summed E-state index contributed by atoms with van der Waals surface area (Å²) in [6.07, 6.45) is 0.501. The molecular weight excluding hydrogens is 236 g/mol. The van der Waals surface area contributed by atoms with E-state index in [1.807, 2.05) is 32.6 Å². The van der Waals surface area contributed by atoms with E-state index in [0.717, 1.165) is 0 Å². The summed E-state index contributed by atoms with van der Waals surface area (Å²) in [7, 11) is 2.26. The van der Waals surface area contributed by atoms with Crippen molar-refractivity contribution in [3.05, 3.63) is 0 Å². The number of nitrogens with zero attached hydrogens (tertiary/aromatic N) is 1. The van der Waals surface area contributed by atoms with Gasteiger partial charge in [-0.1, -0.05) is 29.0 Å². The van der Waals surface area contributed by atoms with Gasteiger partial charge in [-0.05, 0) is 26.2 Å². The van der Waals surface area contributed by atoms with Crippen LogP contribution in [0.3, 0.4) is 0 Å². The van der Waals surface area contributed by atoms with Gasteiger partial charge in [-0.3, -0.25) is 9.69 Å². The van der Waals surface area contributed by atoms with Gasteiger partial charge in [0, 0.05) is 19.0 Å².